The van der Waals surface area contributed by atoms with Crippen molar-refractivity contribution in [2.45, 2.75) is 0 Å². The third kappa shape index (κ3) is 3.52. The molecular weight excluding hydrogens is 324 g/mol. The lowest BCUT2D eigenvalue weighted by Gasteiger charge is -2.17. The van der Waals surface area contributed by atoms with Crippen LogP contribution in [0.15, 0.2) is 67.0 Å². The normalized spacial score (nSPS) is 10.2. The molecule has 3 aromatic rings. The highest BCUT2D eigenvalue weighted by atomic mass is 35.5. The lowest BCUT2D eigenvalue weighted by molar-refractivity contribution is 0.102. The fourth-order valence-electron chi connectivity index (χ4n) is 2.14. The molecule has 3 rings (SSSR count). The van der Waals surface area contributed by atoms with Crippen LogP contribution in [0.1, 0.15) is 10.5 Å². The topological polar surface area (TPSA) is 58.1 Å². The summed E-state index contributed by atoms with van der Waals surface area (Å²) in [6, 6.07) is 16.8. The van der Waals surface area contributed by atoms with E-state index >= 15 is 0 Å². The van der Waals surface area contributed by atoms with Gasteiger partial charge in [0.15, 0.2) is 5.82 Å². The van der Waals surface area contributed by atoms with Crippen molar-refractivity contribution in [1.29, 1.82) is 0 Å². The van der Waals surface area contributed by atoms with Gasteiger partial charge in [0.25, 0.3) is 5.91 Å². The van der Waals surface area contributed by atoms with Crippen LogP contribution in [-0.2, 0) is 0 Å². The molecule has 0 saturated carbocycles. The van der Waals surface area contributed by atoms with Crippen molar-refractivity contribution in [2.75, 3.05) is 17.3 Å². The van der Waals surface area contributed by atoms with Crippen LogP contribution in [0.3, 0.4) is 0 Å². The molecule has 1 aromatic heterocycles. The number of carbonyl (C=O) groups is 1. The molecule has 0 spiro atoms. The number of carbonyl (C=O) groups excluding carboxylic acids is 1. The first-order valence-corrected chi connectivity index (χ1v) is 7.69. The van der Waals surface area contributed by atoms with E-state index in [1.807, 2.05) is 42.3 Å². The Labute approximate surface area is 144 Å². The fourth-order valence-corrected chi connectivity index (χ4v) is 2.33. The molecule has 1 heterocycles. The van der Waals surface area contributed by atoms with E-state index in [-0.39, 0.29) is 11.6 Å². The monoisotopic (exact) mass is 338 g/mol. The number of amides is 1. The van der Waals surface area contributed by atoms with Crippen LogP contribution in [0.5, 0.6) is 0 Å². The highest BCUT2D eigenvalue weighted by Crippen LogP contribution is 2.22. The van der Waals surface area contributed by atoms with Crippen LogP contribution in [0.4, 0.5) is 17.2 Å². The van der Waals surface area contributed by atoms with E-state index in [0.29, 0.717) is 16.5 Å². The Morgan fingerprint density at radius 3 is 2.38 bits per heavy atom. The van der Waals surface area contributed by atoms with Gasteiger partial charge in [0, 0.05) is 12.7 Å². The minimum atomic E-state index is -0.357. The molecule has 1 amide bonds. The molecule has 0 saturated heterocycles. The lowest BCUT2D eigenvalue weighted by atomic mass is 10.3. The maximum Gasteiger partial charge on any atom is 0.275 e. The van der Waals surface area contributed by atoms with Gasteiger partial charge in [-0.15, -0.1) is 0 Å². The molecule has 0 fully saturated rings. The molecule has 5 nitrogen and oxygen atoms in total. The van der Waals surface area contributed by atoms with E-state index in [4.69, 9.17) is 11.6 Å². The first-order valence-electron chi connectivity index (χ1n) is 7.32. The number of rotatable bonds is 4. The average Bonchev–Trinajstić information content (AvgIpc) is 2.64. The lowest BCUT2D eigenvalue weighted by Crippen LogP contribution is -2.16. The highest BCUT2D eigenvalue weighted by Gasteiger charge is 2.12. The van der Waals surface area contributed by atoms with Gasteiger partial charge in [-0.1, -0.05) is 41.9 Å². The molecule has 0 aliphatic carbocycles. The van der Waals surface area contributed by atoms with E-state index in [9.17, 15) is 4.79 Å². The number of aromatic nitrogens is 2. The summed E-state index contributed by atoms with van der Waals surface area (Å²) in [7, 11) is 1.89. The minimum absolute atomic E-state index is 0.222. The second kappa shape index (κ2) is 7.10. The Hall–Kier alpha value is -2.92. The van der Waals surface area contributed by atoms with E-state index in [1.165, 1.54) is 6.20 Å². The van der Waals surface area contributed by atoms with Gasteiger partial charge in [-0.25, -0.2) is 9.97 Å². The van der Waals surface area contributed by atoms with Crippen molar-refractivity contribution in [2.24, 2.45) is 0 Å². The summed E-state index contributed by atoms with van der Waals surface area (Å²) in [5.74, 6) is 0.292. The second-order valence-electron chi connectivity index (χ2n) is 5.09. The first-order chi connectivity index (χ1) is 11.6. The fraction of sp³-hybridized carbons (Fsp3) is 0.0556. The zero-order valence-corrected chi connectivity index (χ0v) is 13.7. The van der Waals surface area contributed by atoms with Crippen LogP contribution in [0.2, 0.25) is 5.02 Å². The second-order valence-corrected chi connectivity index (χ2v) is 5.50. The maximum absolute atomic E-state index is 12.2. The molecule has 2 aromatic carbocycles. The van der Waals surface area contributed by atoms with Crippen LogP contribution < -0.4 is 10.2 Å². The molecule has 6 heteroatoms. The number of halogens is 1. The van der Waals surface area contributed by atoms with E-state index in [2.05, 4.69) is 15.3 Å². The third-order valence-electron chi connectivity index (χ3n) is 3.48. The van der Waals surface area contributed by atoms with Crippen molar-refractivity contribution >= 4 is 34.7 Å². The number of hydrogen-bond acceptors (Lipinski definition) is 4. The zero-order valence-electron chi connectivity index (χ0n) is 13.0. The van der Waals surface area contributed by atoms with Gasteiger partial charge in [-0.2, -0.15) is 0 Å². The van der Waals surface area contributed by atoms with E-state index < -0.39 is 0 Å². The molecule has 120 valence electrons. The van der Waals surface area contributed by atoms with Gasteiger partial charge in [0.1, 0.15) is 5.69 Å². The van der Waals surface area contributed by atoms with Gasteiger partial charge in [-0.05, 0) is 24.3 Å². The van der Waals surface area contributed by atoms with Gasteiger partial charge in [0.2, 0.25) is 0 Å². The van der Waals surface area contributed by atoms with E-state index in [0.717, 1.165) is 5.69 Å². The number of nitrogens with one attached hydrogen (secondary N) is 1. The molecule has 24 heavy (non-hydrogen) atoms. The van der Waals surface area contributed by atoms with Crippen molar-refractivity contribution in [1.82, 2.24) is 9.97 Å². The summed E-state index contributed by atoms with van der Waals surface area (Å²) in [5, 5.41) is 3.19. The largest absolute Gasteiger partial charge is 0.328 e. The predicted octanol–water partition coefficient (Wildman–Crippen LogP) is 4.15. The SMILES string of the molecule is CN(c1ccccc1)c1cnc(C(=O)Nc2ccccc2Cl)cn1. The molecule has 0 aliphatic rings. The van der Waals surface area contributed by atoms with Crippen molar-refractivity contribution < 1.29 is 4.79 Å². The molecule has 0 bridgehead atoms. The molecule has 0 unspecified atom stereocenters. The van der Waals surface area contributed by atoms with Crippen LogP contribution >= 0.6 is 11.6 Å². The Balaban J connectivity index is 1.75. The first kappa shape index (κ1) is 16.0. The minimum Gasteiger partial charge on any atom is -0.328 e. The predicted molar refractivity (Wildman–Crippen MR) is 95.9 cm³/mol. The summed E-state index contributed by atoms with van der Waals surface area (Å²) in [6.07, 6.45) is 3.01. The molecule has 0 aliphatic heterocycles. The molecule has 1 N–H and O–H groups in total. The summed E-state index contributed by atoms with van der Waals surface area (Å²) in [6.45, 7) is 0. The number of benzene rings is 2. The van der Waals surface area contributed by atoms with Gasteiger partial charge in [0.05, 0.1) is 23.1 Å². The van der Waals surface area contributed by atoms with Gasteiger partial charge in [-0.3, -0.25) is 4.79 Å². The Kier molecular flexibility index (Phi) is 4.72. The number of para-hydroxylation sites is 2. The van der Waals surface area contributed by atoms with Crippen molar-refractivity contribution in [3.05, 3.63) is 77.7 Å². The Bertz CT molecular complexity index is 837. The van der Waals surface area contributed by atoms with Gasteiger partial charge < -0.3 is 10.2 Å². The highest BCUT2D eigenvalue weighted by molar-refractivity contribution is 6.33. The summed E-state index contributed by atoms with van der Waals surface area (Å²) < 4.78 is 0. The standard InChI is InChI=1S/C18H15ClN4O/c1-23(13-7-3-2-4-8-13)17-12-20-16(11-21-17)18(24)22-15-10-6-5-9-14(15)19/h2-12H,1H3,(H,22,24). The van der Waals surface area contributed by atoms with Crippen LogP contribution in [-0.4, -0.2) is 22.9 Å². The van der Waals surface area contributed by atoms with E-state index in [1.54, 1.807) is 30.5 Å². The van der Waals surface area contributed by atoms with Gasteiger partial charge >= 0.3 is 0 Å². The zero-order chi connectivity index (χ0) is 16.9. The van der Waals surface area contributed by atoms with Crippen LogP contribution in [0.25, 0.3) is 0 Å². The number of nitrogens with zero attached hydrogens (tertiary/aromatic N) is 3. The van der Waals surface area contributed by atoms with Crippen molar-refractivity contribution in [3.63, 3.8) is 0 Å². The third-order valence-corrected chi connectivity index (χ3v) is 3.81. The molecular formula is C18H15ClN4O. The van der Waals surface area contributed by atoms with Crippen molar-refractivity contribution in [3.8, 4) is 0 Å². The number of hydrogen-bond donors (Lipinski definition) is 1. The average molecular weight is 339 g/mol. The summed E-state index contributed by atoms with van der Waals surface area (Å²) in [5.41, 5.74) is 1.75. The molecule has 0 atom stereocenters. The summed E-state index contributed by atoms with van der Waals surface area (Å²) >= 11 is 6.03. The smallest absolute Gasteiger partial charge is 0.275 e. The quantitative estimate of drug-likeness (QED) is 0.776. The molecule has 0 radical (unpaired) electrons. The Morgan fingerprint density at radius 2 is 1.71 bits per heavy atom. The van der Waals surface area contributed by atoms with Crippen LogP contribution in [0, 0.1) is 0 Å². The summed E-state index contributed by atoms with van der Waals surface area (Å²) in [4.78, 5) is 22.6. The maximum atomic E-state index is 12.2. The Morgan fingerprint density at radius 1 is 1.00 bits per heavy atom. The number of anilines is 3.